The molecule has 37 heavy (non-hydrogen) atoms. The molecule has 2 N–H and O–H groups in total. The second-order valence-electron chi connectivity index (χ2n) is 8.91. The molecule has 9 heteroatoms. The number of thiocarbonyl (C=S) groups is 1. The summed E-state index contributed by atoms with van der Waals surface area (Å²) in [5.74, 6) is 1.25. The molecule has 1 saturated heterocycles. The molecule has 5 rings (SSSR count). The molecule has 1 fully saturated rings. The number of hydrogen-bond acceptors (Lipinski definition) is 5. The van der Waals surface area contributed by atoms with Crippen LogP contribution in [-0.4, -0.2) is 32.7 Å². The average Bonchev–Trinajstić information content (AvgIpc) is 3.39. The molecule has 2 atom stereocenters. The van der Waals surface area contributed by atoms with Gasteiger partial charge < -0.3 is 24.8 Å². The third-order valence-corrected chi connectivity index (χ3v) is 6.85. The van der Waals surface area contributed by atoms with Crippen LogP contribution in [0.3, 0.4) is 0 Å². The minimum atomic E-state index is -0.204. The van der Waals surface area contributed by atoms with Gasteiger partial charge in [0.05, 0.1) is 30.6 Å². The monoisotopic (exact) mass is 512 g/mol. The van der Waals surface area contributed by atoms with Gasteiger partial charge in [0.25, 0.3) is 0 Å². The maximum Gasteiger partial charge on any atom is 0.221 e. The van der Waals surface area contributed by atoms with Crippen molar-refractivity contribution in [3.05, 3.63) is 95.7 Å². The highest BCUT2D eigenvalue weighted by Gasteiger charge is 2.42. The molecule has 0 spiro atoms. The first-order valence-corrected chi connectivity index (χ1v) is 12.4. The van der Waals surface area contributed by atoms with Crippen molar-refractivity contribution in [1.29, 1.82) is 0 Å². The molecular formula is C28H28N6O2S. The molecule has 0 saturated carbocycles. The van der Waals surface area contributed by atoms with Crippen molar-refractivity contribution in [2.45, 2.75) is 32.9 Å². The lowest BCUT2D eigenvalue weighted by molar-refractivity contribution is -0.114. The van der Waals surface area contributed by atoms with Gasteiger partial charge in [-0.05, 0) is 80.2 Å². The fraction of sp³-hybridized carbons (Fsp3) is 0.214. The zero-order valence-electron chi connectivity index (χ0n) is 21.1. The van der Waals surface area contributed by atoms with Crippen molar-refractivity contribution in [2.24, 2.45) is 0 Å². The quantitative estimate of drug-likeness (QED) is 0.351. The first kappa shape index (κ1) is 24.5. The van der Waals surface area contributed by atoms with E-state index in [1.165, 1.54) is 6.92 Å². The molecule has 0 aliphatic carbocycles. The van der Waals surface area contributed by atoms with E-state index in [1.807, 2.05) is 54.6 Å². The number of rotatable bonds is 6. The van der Waals surface area contributed by atoms with Crippen molar-refractivity contribution in [2.75, 3.05) is 17.3 Å². The van der Waals surface area contributed by atoms with Crippen molar-refractivity contribution >= 4 is 34.6 Å². The zero-order chi connectivity index (χ0) is 26.1. The van der Waals surface area contributed by atoms with Crippen molar-refractivity contribution in [1.82, 2.24) is 19.9 Å². The SMILES string of the molecule is COc1ccc(N2C(=S)N[C@H](c3ccccn3)[C@H]2c2cc(C)n(-c3ccccn3)c2C)cc1NC(C)=O. The predicted octanol–water partition coefficient (Wildman–Crippen LogP) is 5.03. The van der Waals surface area contributed by atoms with Gasteiger partial charge in [0.15, 0.2) is 5.11 Å². The Kier molecular flexibility index (Phi) is 6.62. The van der Waals surface area contributed by atoms with Crippen LogP contribution >= 0.6 is 12.2 Å². The van der Waals surface area contributed by atoms with Gasteiger partial charge >= 0.3 is 0 Å². The Labute approximate surface area is 221 Å². The highest BCUT2D eigenvalue weighted by molar-refractivity contribution is 7.80. The first-order valence-electron chi connectivity index (χ1n) is 12.0. The molecule has 188 valence electrons. The number of anilines is 2. The van der Waals surface area contributed by atoms with Crippen LogP contribution in [0.5, 0.6) is 5.75 Å². The van der Waals surface area contributed by atoms with Crippen molar-refractivity contribution < 1.29 is 9.53 Å². The van der Waals surface area contributed by atoms with Crippen LogP contribution in [0, 0.1) is 13.8 Å². The number of aromatic nitrogens is 3. The van der Waals surface area contributed by atoms with E-state index < -0.39 is 0 Å². The van der Waals surface area contributed by atoms with Crippen molar-refractivity contribution in [3.8, 4) is 11.6 Å². The van der Waals surface area contributed by atoms with Crippen molar-refractivity contribution in [3.63, 3.8) is 0 Å². The summed E-state index contributed by atoms with van der Waals surface area (Å²) >= 11 is 5.89. The van der Waals surface area contributed by atoms with Gasteiger partial charge in [-0.1, -0.05) is 12.1 Å². The summed E-state index contributed by atoms with van der Waals surface area (Å²) in [6.45, 7) is 5.65. The number of benzene rings is 1. The van der Waals surface area contributed by atoms with Crippen LogP contribution < -0.4 is 20.3 Å². The van der Waals surface area contributed by atoms with Crippen LogP contribution in [0.4, 0.5) is 11.4 Å². The summed E-state index contributed by atoms with van der Waals surface area (Å²) in [5.41, 5.74) is 5.52. The number of amides is 1. The fourth-order valence-corrected chi connectivity index (χ4v) is 5.35. The Bertz CT molecular complexity index is 1450. The number of carbonyl (C=O) groups is 1. The van der Waals surface area contributed by atoms with E-state index in [0.29, 0.717) is 16.5 Å². The predicted molar refractivity (Wildman–Crippen MR) is 148 cm³/mol. The minimum Gasteiger partial charge on any atom is -0.495 e. The molecule has 0 bridgehead atoms. The number of aryl methyl sites for hydroxylation is 1. The van der Waals surface area contributed by atoms with E-state index in [0.717, 1.165) is 34.2 Å². The molecule has 4 aromatic rings. The Morgan fingerprint density at radius 2 is 1.81 bits per heavy atom. The molecule has 1 aromatic carbocycles. The lowest BCUT2D eigenvalue weighted by Crippen LogP contribution is -2.29. The molecule has 8 nitrogen and oxygen atoms in total. The number of nitrogens with zero attached hydrogens (tertiary/aromatic N) is 4. The van der Waals surface area contributed by atoms with Gasteiger partial charge in [0, 0.05) is 36.4 Å². The van der Waals surface area contributed by atoms with E-state index in [2.05, 4.69) is 50.0 Å². The summed E-state index contributed by atoms with van der Waals surface area (Å²) in [5, 5.41) is 6.94. The summed E-state index contributed by atoms with van der Waals surface area (Å²) < 4.78 is 7.63. The van der Waals surface area contributed by atoms with Gasteiger partial charge in [0.2, 0.25) is 5.91 Å². The van der Waals surface area contributed by atoms with Crippen LogP contribution in [-0.2, 0) is 4.79 Å². The second kappa shape index (κ2) is 10.0. The van der Waals surface area contributed by atoms with E-state index in [9.17, 15) is 4.79 Å². The van der Waals surface area contributed by atoms with Crippen LogP contribution in [0.2, 0.25) is 0 Å². The molecule has 1 aliphatic rings. The van der Waals surface area contributed by atoms with E-state index in [1.54, 1.807) is 19.5 Å². The number of carbonyl (C=O) groups excluding carboxylic acids is 1. The Morgan fingerprint density at radius 1 is 1.05 bits per heavy atom. The number of hydrogen-bond donors (Lipinski definition) is 2. The largest absolute Gasteiger partial charge is 0.495 e. The molecule has 3 aromatic heterocycles. The van der Waals surface area contributed by atoms with E-state index >= 15 is 0 Å². The molecule has 0 radical (unpaired) electrons. The van der Waals surface area contributed by atoms with Gasteiger partial charge in [0.1, 0.15) is 11.6 Å². The molecule has 0 unspecified atom stereocenters. The number of pyridine rings is 2. The highest BCUT2D eigenvalue weighted by atomic mass is 32.1. The zero-order valence-corrected chi connectivity index (χ0v) is 21.9. The third kappa shape index (κ3) is 4.53. The Hall–Kier alpha value is -4.24. The second-order valence-corrected chi connectivity index (χ2v) is 9.30. The summed E-state index contributed by atoms with van der Waals surface area (Å²) in [7, 11) is 1.58. The standard InChI is InChI=1S/C28H28N6O2S/c1-17-15-21(18(2)33(17)25-10-6-8-14-30-25)27-26(22-9-5-7-13-29-22)32-28(37)34(27)20-11-12-24(36-4)23(16-20)31-19(3)35/h5-16,26-27H,1-4H3,(H,31,35)(H,32,37)/t26-,27-/m1/s1. The Morgan fingerprint density at radius 3 is 2.46 bits per heavy atom. The number of ether oxygens (including phenoxy) is 1. The normalized spacial score (nSPS) is 17.0. The number of methoxy groups -OCH3 is 1. The fourth-order valence-electron chi connectivity index (χ4n) is 5.01. The van der Waals surface area contributed by atoms with Gasteiger partial charge in [-0.25, -0.2) is 4.98 Å². The van der Waals surface area contributed by atoms with Crippen LogP contribution in [0.1, 0.15) is 41.7 Å². The lowest BCUT2D eigenvalue weighted by atomic mass is 9.96. The summed E-state index contributed by atoms with van der Waals surface area (Å²) in [6.07, 6.45) is 3.59. The van der Waals surface area contributed by atoms with Crippen LogP contribution in [0.15, 0.2) is 73.1 Å². The maximum atomic E-state index is 11.9. The highest BCUT2D eigenvalue weighted by Crippen LogP contribution is 2.45. The third-order valence-electron chi connectivity index (χ3n) is 6.54. The first-order chi connectivity index (χ1) is 17.9. The lowest BCUT2D eigenvalue weighted by Gasteiger charge is -2.29. The van der Waals surface area contributed by atoms with Gasteiger partial charge in [-0.15, -0.1) is 0 Å². The smallest absolute Gasteiger partial charge is 0.221 e. The minimum absolute atomic E-state index is 0.181. The number of nitrogens with one attached hydrogen (secondary N) is 2. The summed E-state index contributed by atoms with van der Waals surface area (Å²) in [4.78, 5) is 23.2. The van der Waals surface area contributed by atoms with Crippen LogP contribution in [0.25, 0.3) is 5.82 Å². The molecule has 1 amide bonds. The van der Waals surface area contributed by atoms with Gasteiger partial charge in [-0.3, -0.25) is 9.78 Å². The summed E-state index contributed by atoms with van der Waals surface area (Å²) in [6, 6.07) is 19.2. The Balaban J connectivity index is 1.68. The molecule has 1 aliphatic heterocycles. The maximum absolute atomic E-state index is 11.9. The van der Waals surface area contributed by atoms with Gasteiger partial charge in [-0.2, -0.15) is 0 Å². The average molecular weight is 513 g/mol. The molecule has 4 heterocycles. The van der Waals surface area contributed by atoms with E-state index in [4.69, 9.17) is 17.0 Å². The topological polar surface area (TPSA) is 84.3 Å². The molecular weight excluding hydrogens is 484 g/mol. The van der Waals surface area contributed by atoms with E-state index in [-0.39, 0.29) is 18.0 Å².